The van der Waals surface area contributed by atoms with Crippen molar-refractivity contribution in [3.05, 3.63) is 69.2 Å². The van der Waals surface area contributed by atoms with Crippen LogP contribution in [-0.2, 0) is 0 Å². The molecule has 1 atom stereocenters. The van der Waals surface area contributed by atoms with Gasteiger partial charge in [-0.2, -0.15) is 0 Å². The molecule has 2 aromatic rings. The van der Waals surface area contributed by atoms with Gasteiger partial charge < -0.3 is 5.32 Å². The molecule has 0 bridgehead atoms. The van der Waals surface area contributed by atoms with E-state index in [2.05, 4.69) is 84.5 Å². The predicted octanol–water partition coefficient (Wildman–Crippen LogP) is 5.15. The minimum Gasteiger partial charge on any atom is -0.306 e. The second-order valence-corrected chi connectivity index (χ2v) is 6.21. The van der Waals surface area contributed by atoms with E-state index in [4.69, 9.17) is 0 Å². The van der Waals surface area contributed by atoms with Crippen molar-refractivity contribution in [2.24, 2.45) is 0 Å². The van der Waals surface area contributed by atoms with E-state index >= 15 is 0 Å². The van der Waals surface area contributed by atoms with Gasteiger partial charge in [-0.05, 0) is 55.6 Å². The number of aryl methyl sites for hydroxylation is 2. The van der Waals surface area contributed by atoms with Crippen molar-refractivity contribution < 1.29 is 0 Å². The van der Waals surface area contributed by atoms with Crippen LogP contribution in [0.2, 0.25) is 0 Å². The first-order valence-electron chi connectivity index (χ1n) is 7.18. The minimum absolute atomic E-state index is 0.267. The molecule has 0 aliphatic heterocycles. The maximum Gasteiger partial charge on any atom is 0.0579 e. The molecule has 0 aliphatic rings. The standard InChI is InChI=1S/C18H22BrN/c1-4-11-20-18(15-7-9-16(19)10-8-15)17-12-13(2)5-6-14(17)3/h5-10,12,18,20H,4,11H2,1-3H3. The first-order chi connectivity index (χ1) is 9.61. The molecule has 1 nitrogen and oxygen atoms in total. The van der Waals surface area contributed by atoms with E-state index < -0.39 is 0 Å². The number of hydrogen-bond donors (Lipinski definition) is 1. The molecule has 0 aromatic heterocycles. The fourth-order valence-electron chi connectivity index (χ4n) is 2.42. The number of rotatable bonds is 5. The number of benzene rings is 2. The van der Waals surface area contributed by atoms with Gasteiger partial charge in [0, 0.05) is 4.47 Å². The Morgan fingerprint density at radius 2 is 1.75 bits per heavy atom. The van der Waals surface area contributed by atoms with Gasteiger partial charge in [-0.3, -0.25) is 0 Å². The maximum absolute atomic E-state index is 3.67. The highest BCUT2D eigenvalue weighted by atomic mass is 79.9. The number of nitrogens with one attached hydrogen (secondary N) is 1. The SMILES string of the molecule is CCCNC(c1ccc(Br)cc1)c1cc(C)ccc1C. The van der Waals surface area contributed by atoms with Crippen molar-refractivity contribution in [3.8, 4) is 0 Å². The van der Waals surface area contributed by atoms with Gasteiger partial charge in [-0.15, -0.1) is 0 Å². The van der Waals surface area contributed by atoms with Crippen LogP contribution in [0.5, 0.6) is 0 Å². The van der Waals surface area contributed by atoms with Crippen molar-refractivity contribution in [2.75, 3.05) is 6.54 Å². The Morgan fingerprint density at radius 3 is 2.40 bits per heavy atom. The van der Waals surface area contributed by atoms with Crippen LogP contribution in [0.1, 0.15) is 41.6 Å². The molecule has 0 heterocycles. The lowest BCUT2D eigenvalue weighted by atomic mass is 9.93. The Bertz CT molecular complexity index is 560. The zero-order valence-electron chi connectivity index (χ0n) is 12.4. The summed E-state index contributed by atoms with van der Waals surface area (Å²) in [5, 5.41) is 3.67. The Balaban J connectivity index is 2.41. The highest BCUT2D eigenvalue weighted by molar-refractivity contribution is 9.10. The Hall–Kier alpha value is -1.12. The van der Waals surface area contributed by atoms with E-state index in [1.54, 1.807) is 0 Å². The molecule has 0 amide bonds. The van der Waals surface area contributed by atoms with Crippen LogP contribution in [0.15, 0.2) is 46.9 Å². The summed E-state index contributed by atoms with van der Waals surface area (Å²) < 4.78 is 1.12. The molecule has 2 rings (SSSR count). The van der Waals surface area contributed by atoms with Crippen molar-refractivity contribution in [3.63, 3.8) is 0 Å². The third-order valence-electron chi connectivity index (χ3n) is 3.55. The fraction of sp³-hybridized carbons (Fsp3) is 0.333. The predicted molar refractivity (Wildman–Crippen MR) is 90.2 cm³/mol. The van der Waals surface area contributed by atoms with Crippen molar-refractivity contribution in [1.29, 1.82) is 0 Å². The van der Waals surface area contributed by atoms with E-state index in [1.807, 2.05) is 0 Å². The van der Waals surface area contributed by atoms with Gasteiger partial charge in [0.2, 0.25) is 0 Å². The van der Waals surface area contributed by atoms with E-state index in [1.165, 1.54) is 22.3 Å². The lowest BCUT2D eigenvalue weighted by molar-refractivity contribution is 0.596. The van der Waals surface area contributed by atoms with Gasteiger partial charge >= 0.3 is 0 Å². The van der Waals surface area contributed by atoms with E-state index in [-0.39, 0.29) is 6.04 Å². The second-order valence-electron chi connectivity index (χ2n) is 5.30. The van der Waals surface area contributed by atoms with Gasteiger partial charge in [0.1, 0.15) is 0 Å². The molecule has 1 N–H and O–H groups in total. The van der Waals surface area contributed by atoms with Crippen LogP contribution >= 0.6 is 15.9 Å². The molecule has 2 heteroatoms. The quantitative estimate of drug-likeness (QED) is 0.798. The lowest BCUT2D eigenvalue weighted by Gasteiger charge is -2.22. The zero-order valence-corrected chi connectivity index (χ0v) is 14.0. The molecule has 0 radical (unpaired) electrons. The summed E-state index contributed by atoms with van der Waals surface area (Å²) in [4.78, 5) is 0. The second kappa shape index (κ2) is 7.05. The van der Waals surface area contributed by atoms with Crippen molar-refractivity contribution in [2.45, 2.75) is 33.2 Å². The van der Waals surface area contributed by atoms with Gasteiger partial charge in [-0.1, -0.05) is 58.7 Å². The summed E-state index contributed by atoms with van der Waals surface area (Å²) in [7, 11) is 0. The third kappa shape index (κ3) is 3.71. The van der Waals surface area contributed by atoms with E-state index in [9.17, 15) is 0 Å². The fourth-order valence-corrected chi connectivity index (χ4v) is 2.69. The van der Waals surface area contributed by atoms with Crippen molar-refractivity contribution >= 4 is 15.9 Å². The summed E-state index contributed by atoms with van der Waals surface area (Å²) in [5.74, 6) is 0. The van der Waals surface area contributed by atoms with Crippen LogP contribution in [-0.4, -0.2) is 6.54 Å². The van der Waals surface area contributed by atoms with Crippen LogP contribution in [0.3, 0.4) is 0 Å². The molecule has 0 aliphatic carbocycles. The molecule has 106 valence electrons. The first-order valence-corrected chi connectivity index (χ1v) is 7.97. The monoisotopic (exact) mass is 331 g/mol. The molecule has 0 saturated heterocycles. The topological polar surface area (TPSA) is 12.0 Å². The maximum atomic E-state index is 3.67. The molecule has 2 aromatic carbocycles. The van der Waals surface area contributed by atoms with Gasteiger partial charge in [0.15, 0.2) is 0 Å². The average Bonchev–Trinajstić information content (AvgIpc) is 2.44. The smallest absolute Gasteiger partial charge is 0.0579 e. The molecule has 20 heavy (non-hydrogen) atoms. The summed E-state index contributed by atoms with van der Waals surface area (Å²) in [6.45, 7) is 7.57. The first kappa shape index (κ1) is 15.3. The normalized spacial score (nSPS) is 12.4. The molecule has 0 spiro atoms. The largest absolute Gasteiger partial charge is 0.306 e. The summed E-state index contributed by atoms with van der Waals surface area (Å²) in [6, 6.07) is 15.6. The highest BCUT2D eigenvalue weighted by Crippen LogP contribution is 2.27. The summed E-state index contributed by atoms with van der Waals surface area (Å²) in [5.41, 5.74) is 5.34. The number of hydrogen-bond acceptors (Lipinski definition) is 1. The summed E-state index contributed by atoms with van der Waals surface area (Å²) >= 11 is 3.51. The molecule has 0 saturated carbocycles. The van der Waals surface area contributed by atoms with E-state index in [0.29, 0.717) is 0 Å². The highest BCUT2D eigenvalue weighted by Gasteiger charge is 2.15. The van der Waals surface area contributed by atoms with Gasteiger partial charge in [-0.25, -0.2) is 0 Å². The third-order valence-corrected chi connectivity index (χ3v) is 4.08. The van der Waals surface area contributed by atoms with Gasteiger partial charge in [0.05, 0.1) is 6.04 Å². The Labute approximate surface area is 130 Å². The summed E-state index contributed by atoms with van der Waals surface area (Å²) in [6.07, 6.45) is 1.14. The number of halogens is 1. The molecular weight excluding hydrogens is 310 g/mol. The average molecular weight is 332 g/mol. The Morgan fingerprint density at radius 1 is 1.05 bits per heavy atom. The lowest BCUT2D eigenvalue weighted by Crippen LogP contribution is -2.24. The van der Waals surface area contributed by atoms with Crippen LogP contribution in [0.4, 0.5) is 0 Å². The van der Waals surface area contributed by atoms with Crippen LogP contribution in [0, 0.1) is 13.8 Å². The van der Waals surface area contributed by atoms with Gasteiger partial charge in [0.25, 0.3) is 0 Å². The molecular formula is C18H22BrN. The van der Waals surface area contributed by atoms with Crippen molar-refractivity contribution in [1.82, 2.24) is 5.32 Å². The molecule has 0 fully saturated rings. The van der Waals surface area contributed by atoms with E-state index in [0.717, 1.165) is 17.4 Å². The minimum atomic E-state index is 0.267. The van der Waals surface area contributed by atoms with Crippen LogP contribution in [0.25, 0.3) is 0 Å². The Kier molecular flexibility index (Phi) is 5.38. The zero-order chi connectivity index (χ0) is 14.5. The molecule has 1 unspecified atom stereocenters. The van der Waals surface area contributed by atoms with Crippen LogP contribution < -0.4 is 5.32 Å².